The smallest absolute Gasteiger partial charge is 0.139 e. The maximum absolute atomic E-state index is 6.22. The summed E-state index contributed by atoms with van der Waals surface area (Å²) in [4.78, 5) is 9.22. The van der Waals surface area contributed by atoms with E-state index in [1.54, 1.807) is 30.1 Å². The molecule has 31 heavy (non-hydrogen) atoms. The molecule has 0 aliphatic heterocycles. The van der Waals surface area contributed by atoms with Crippen LogP contribution in [-0.2, 0) is 0 Å². The first-order chi connectivity index (χ1) is 15.0. The molecule has 0 radical (unpaired) electrons. The number of nitrogens with one attached hydrogen (secondary N) is 2. The van der Waals surface area contributed by atoms with Crippen molar-refractivity contribution in [3.8, 4) is 11.4 Å². The van der Waals surface area contributed by atoms with Crippen molar-refractivity contribution in [1.82, 2.24) is 9.97 Å². The van der Waals surface area contributed by atoms with Gasteiger partial charge in [0.2, 0.25) is 0 Å². The number of halogens is 3. The summed E-state index contributed by atoms with van der Waals surface area (Å²) in [6.45, 7) is 2.06. The number of aromatic amines is 1. The number of rotatable bonds is 6. The molecule has 0 bridgehead atoms. The third-order valence-corrected chi connectivity index (χ3v) is 6.18. The normalized spacial score (nSPS) is 11.2. The van der Waals surface area contributed by atoms with E-state index in [4.69, 9.17) is 39.8 Å². The standard InChI is InChI=1S/C23H17Cl3N4S/c1-14-7-9-17(10-8-14)31-23-20(28-22(29-23)15-5-3-2-4-6-15)13-27-30-21-18(25)11-16(24)12-19(21)26/h2-13,30H,1H3,(H,28,29)/b27-13+. The van der Waals surface area contributed by atoms with Crippen molar-refractivity contribution in [3.05, 3.63) is 93.1 Å². The SMILES string of the molecule is Cc1ccc(Sc2nc(-c3ccccc3)[nH]c2/C=N/Nc2c(Cl)cc(Cl)cc2Cl)cc1. The van der Waals surface area contributed by atoms with E-state index in [0.717, 1.165) is 27.0 Å². The Morgan fingerprint density at radius 1 is 0.968 bits per heavy atom. The minimum absolute atomic E-state index is 0.387. The van der Waals surface area contributed by atoms with Gasteiger partial charge in [-0.05, 0) is 31.2 Å². The third kappa shape index (κ3) is 5.43. The molecule has 2 N–H and O–H groups in total. The number of imidazole rings is 1. The maximum Gasteiger partial charge on any atom is 0.139 e. The van der Waals surface area contributed by atoms with Crippen molar-refractivity contribution < 1.29 is 0 Å². The molecule has 0 aliphatic rings. The number of hydrogen-bond donors (Lipinski definition) is 2. The van der Waals surface area contributed by atoms with Gasteiger partial charge in [0.25, 0.3) is 0 Å². The van der Waals surface area contributed by atoms with Crippen molar-refractivity contribution in [1.29, 1.82) is 0 Å². The highest BCUT2D eigenvalue weighted by atomic mass is 35.5. The van der Waals surface area contributed by atoms with E-state index < -0.39 is 0 Å². The molecule has 156 valence electrons. The zero-order chi connectivity index (χ0) is 21.8. The highest BCUT2D eigenvalue weighted by Crippen LogP contribution is 2.34. The Morgan fingerprint density at radius 3 is 2.32 bits per heavy atom. The summed E-state index contributed by atoms with van der Waals surface area (Å²) < 4.78 is 0. The van der Waals surface area contributed by atoms with E-state index in [1.807, 2.05) is 30.3 Å². The molecule has 0 atom stereocenters. The van der Waals surface area contributed by atoms with E-state index in [9.17, 15) is 0 Å². The fourth-order valence-electron chi connectivity index (χ4n) is 2.80. The average Bonchev–Trinajstić information content (AvgIpc) is 3.15. The summed E-state index contributed by atoms with van der Waals surface area (Å²) >= 11 is 20.0. The molecule has 0 unspecified atom stereocenters. The molecular weight excluding hydrogens is 471 g/mol. The first-order valence-corrected chi connectivity index (χ1v) is 11.3. The van der Waals surface area contributed by atoms with Gasteiger partial charge in [0.1, 0.15) is 10.9 Å². The van der Waals surface area contributed by atoms with E-state index in [-0.39, 0.29) is 0 Å². The van der Waals surface area contributed by atoms with Crippen LogP contribution in [0, 0.1) is 6.92 Å². The van der Waals surface area contributed by atoms with Gasteiger partial charge >= 0.3 is 0 Å². The minimum atomic E-state index is 0.387. The summed E-state index contributed by atoms with van der Waals surface area (Å²) in [5, 5.41) is 6.36. The number of H-pyrrole nitrogens is 1. The summed E-state index contributed by atoms with van der Waals surface area (Å²) in [6, 6.07) is 21.4. The molecule has 1 aromatic heterocycles. The number of aryl methyl sites for hydroxylation is 1. The minimum Gasteiger partial charge on any atom is -0.336 e. The summed E-state index contributed by atoms with van der Waals surface area (Å²) in [6.07, 6.45) is 1.66. The largest absolute Gasteiger partial charge is 0.336 e. The third-order valence-electron chi connectivity index (χ3n) is 4.36. The molecule has 1 heterocycles. The van der Waals surface area contributed by atoms with Crippen LogP contribution in [0.5, 0.6) is 0 Å². The van der Waals surface area contributed by atoms with Crippen LogP contribution in [-0.4, -0.2) is 16.2 Å². The maximum atomic E-state index is 6.22. The lowest BCUT2D eigenvalue weighted by Gasteiger charge is -2.06. The van der Waals surface area contributed by atoms with Crippen LogP contribution in [0.4, 0.5) is 5.69 Å². The second-order valence-electron chi connectivity index (χ2n) is 6.70. The molecule has 8 heteroatoms. The Kier molecular flexibility index (Phi) is 6.88. The lowest BCUT2D eigenvalue weighted by atomic mass is 10.2. The highest BCUT2D eigenvalue weighted by Gasteiger charge is 2.12. The highest BCUT2D eigenvalue weighted by molar-refractivity contribution is 7.99. The molecule has 0 saturated heterocycles. The van der Waals surface area contributed by atoms with Gasteiger partial charge in [-0.15, -0.1) is 0 Å². The monoisotopic (exact) mass is 486 g/mol. The molecule has 0 saturated carbocycles. The second kappa shape index (κ2) is 9.79. The number of anilines is 1. The number of benzene rings is 3. The predicted molar refractivity (Wildman–Crippen MR) is 132 cm³/mol. The topological polar surface area (TPSA) is 53.1 Å². The molecule has 4 aromatic rings. The quantitative estimate of drug-likeness (QED) is 0.214. The van der Waals surface area contributed by atoms with Crippen LogP contribution in [0.15, 0.2) is 81.8 Å². The molecule has 4 nitrogen and oxygen atoms in total. The zero-order valence-corrected chi connectivity index (χ0v) is 19.4. The first-order valence-electron chi connectivity index (χ1n) is 9.33. The van der Waals surface area contributed by atoms with Crippen LogP contribution < -0.4 is 5.43 Å². The van der Waals surface area contributed by atoms with Gasteiger partial charge in [-0.25, -0.2) is 4.98 Å². The Labute approximate surface area is 199 Å². The van der Waals surface area contributed by atoms with Crippen molar-refractivity contribution in [2.24, 2.45) is 5.10 Å². The van der Waals surface area contributed by atoms with Crippen molar-refractivity contribution in [2.45, 2.75) is 16.8 Å². The Hall–Kier alpha value is -2.44. The van der Waals surface area contributed by atoms with Crippen LogP contribution in [0.2, 0.25) is 15.1 Å². The molecule has 0 fully saturated rings. The lowest BCUT2D eigenvalue weighted by Crippen LogP contribution is -1.94. The Bertz CT molecular complexity index is 1200. The number of nitrogens with zero attached hydrogens (tertiary/aromatic N) is 2. The van der Waals surface area contributed by atoms with E-state index in [0.29, 0.717) is 20.8 Å². The van der Waals surface area contributed by atoms with Gasteiger partial charge in [0.05, 0.1) is 27.6 Å². The van der Waals surface area contributed by atoms with Crippen LogP contribution in [0.1, 0.15) is 11.3 Å². The van der Waals surface area contributed by atoms with Gasteiger partial charge in [-0.3, -0.25) is 5.43 Å². The number of hydrogen-bond acceptors (Lipinski definition) is 4. The number of aromatic nitrogens is 2. The summed E-state index contributed by atoms with van der Waals surface area (Å²) in [5.74, 6) is 0.763. The van der Waals surface area contributed by atoms with E-state index in [2.05, 4.69) is 46.7 Å². The molecule has 4 rings (SSSR count). The Balaban J connectivity index is 1.64. The molecule has 3 aromatic carbocycles. The molecular formula is C23H17Cl3N4S. The second-order valence-corrected chi connectivity index (χ2v) is 9.01. The van der Waals surface area contributed by atoms with Crippen LogP contribution in [0.25, 0.3) is 11.4 Å². The molecule has 0 spiro atoms. The average molecular weight is 488 g/mol. The van der Waals surface area contributed by atoms with Crippen molar-refractivity contribution in [3.63, 3.8) is 0 Å². The predicted octanol–water partition coefficient (Wildman–Crippen LogP) is 7.94. The molecule has 0 amide bonds. The van der Waals surface area contributed by atoms with Gasteiger partial charge in [-0.2, -0.15) is 5.10 Å². The van der Waals surface area contributed by atoms with Gasteiger partial charge < -0.3 is 4.98 Å². The fraction of sp³-hybridized carbons (Fsp3) is 0.0435. The van der Waals surface area contributed by atoms with Gasteiger partial charge in [0, 0.05) is 15.5 Å². The molecule has 0 aliphatic carbocycles. The van der Waals surface area contributed by atoms with Crippen molar-refractivity contribution >= 4 is 58.5 Å². The zero-order valence-electron chi connectivity index (χ0n) is 16.4. The van der Waals surface area contributed by atoms with E-state index in [1.165, 1.54) is 5.56 Å². The fourth-order valence-corrected chi connectivity index (χ4v) is 4.54. The van der Waals surface area contributed by atoms with Gasteiger partial charge in [-0.1, -0.05) is 94.6 Å². The van der Waals surface area contributed by atoms with Gasteiger partial charge in [0.15, 0.2) is 0 Å². The van der Waals surface area contributed by atoms with Crippen LogP contribution >= 0.6 is 46.6 Å². The first kappa shape index (κ1) is 21.8. The van der Waals surface area contributed by atoms with E-state index >= 15 is 0 Å². The Morgan fingerprint density at radius 2 is 1.65 bits per heavy atom. The van der Waals surface area contributed by atoms with Crippen LogP contribution in [0.3, 0.4) is 0 Å². The lowest BCUT2D eigenvalue weighted by molar-refractivity contribution is 1.19. The summed E-state index contributed by atoms with van der Waals surface area (Å²) in [7, 11) is 0. The van der Waals surface area contributed by atoms with Crippen molar-refractivity contribution in [2.75, 3.05) is 5.43 Å². The summed E-state index contributed by atoms with van der Waals surface area (Å²) in [5.41, 5.74) is 6.34. The number of hydrazone groups is 1.